The Balaban J connectivity index is 1.77. The number of aliphatic carboxylic acids is 1. The van der Waals surface area contributed by atoms with Crippen LogP contribution in [-0.2, 0) is 26.0 Å². The Labute approximate surface area is 158 Å². The van der Waals surface area contributed by atoms with Gasteiger partial charge < -0.3 is 14.7 Å². The molecule has 1 heterocycles. The number of aryl methyl sites for hydroxylation is 1. The van der Waals surface area contributed by atoms with Gasteiger partial charge in [-0.05, 0) is 36.2 Å². The maximum absolute atomic E-state index is 12.8. The van der Waals surface area contributed by atoms with Crippen molar-refractivity contribution in [2.24, 2.45) is 0 Å². The van der Waals surface area contributed by atoms with Crippen LogP contribution in [0, 0.1) is 0 Å². The number of rotatable bonds is 7. The Morgan fingerprint density at radius 3 is 2.41 bits per heavy atom. The third-order valence-corrected chi connectivity index (χ3v) is 5.74. The number of nitrogens with one attached hydrogen (secondary N) is 1. The number of ether oxygens (including phenoxy) is 1. The Kier molecular flexibility index (Phi) is 5.98. The SMILES string of the molecule is O=C(O)CCc1ccc(S(=O)(=O)Nc2ccccc2N2CCOCC2)cc1. The molecule has 2 N–H and O–H groups in total. The second-order valence-electron chi connectivity index (χ2n) is 6.26. The summed E-state index contributed by atoms with van der Waals surface area (Å²) in [4.78, 5) is 12.9. The zero-order valence-corrected chi connectivity index (χ0v) is 15.6. The van der Waals surface area contributed by atoms with Gasteiger partial charge in [-0.25, -0.2) is 8.42 Å². The number of carboxylic acid groups (broad SMARTS) is 1. The molecule has 0 unspecified atom stereocenters. The average molecular weight is 390 g/mol. The number of carbonyl (C=O) groups is 1. The van der Waals surface area contributed by atoms with Crippen LogP contribution in [0.1, 0.15) is 12.0 Å². The number of benzene rings is 2. The van der Waals surface area contributed by atoms with Gasteiger partial charge in [0.2, 0.25) is 0 Å². The lowest BCUT2D eigenvalue weighted by Gasteiger charge is -2.30. The molecule has 1 aliphatic heterocycles. The lowest BCUT2D eigenvalue weighted by Crippen LogP contribution is -2.36. The molecule has 8 heteroatoms. The predicted molar refractivity (Wildman–Crippen MR) is 103 cm³/mol. The van der Waals surface area contributed by atoms with Gasteiger partial charge in [-0.3, -0.25) is 9.52 Å². The Morgan fingerprint density at radius 2 is 1.74 bits per heavy atom. The zero-order valence-electron chi connectivity index (χ0n) is 14.8. The number of nitrogens with zero attached hydrogens (tertiary/aromatic N) is 1. The number of morpholine rings is 1. The van der Waals surface area contributed by atoms with E-state index in [1.165, 1.54) is 12.1 Å². The highest BCUT2D eigenvalue weighted by Crippen LogP contribution is 2.28. The number of carboxylic acids is 1. The summed E-state index contributed by atoms with van der Waals surface area (Å²) in [5.41, 5.74) is 2.13. The van der Waals surface area contributed by atoms with E-state index in [2.05, 4.69) is 9.62 Å². The van der Waals surface area contributed by atoms with E-state index >= 15 is 0 Å². The molecule has 1 saturated heterocycles. The van der Waals surface area contributed by atoms with Crippen LogP contribution in [0.15, 0.2) is 53.4 Å². The lowest BCUT2D eigenvalue weighted by atomic mass is 10.1. The molecule has 2 aromatic rings. The molecule has 0 atom stereocenters. The smallest absolute Gasteiger partial charge is 0.303 e. The van der Waals surface area contributed by atoms with Gasteiger partial charge in [0, 0.05) is 19.5 Å². The molecule has 0 aliphatic carbocycles. The summed E-state index contributed by atoms with van der Waals surface area (Å²) in [5, 5.41) is 8.74. The molecule has 0 radical (unpaired) electrons. The summed E-state index contributed by atoms with van der Waals surface area (Å²) in [6, 6.07) is 13.6. The van der Waals surface area contributed by atoms with E-state index in [9.17, 15) is 13.2 Å². The standard InChI is InChI=1S/C19H22N2O5S/c22-19(23)10-7-15-5-8-16(9-6-15)27(24,25)20-17-3-1-2-4-18(17)21-11-13-26-14-12-21/h1-6,8-9,20H,7,10-14H2,(H,22,23). The third kappa shape index (κ3) is 4.99. The molecule has 1 aliphatic rings. The molecule has 0 bridgehead atoms. The molecule has 0 spiro atoms. The Bertz CT molecular complexity index is 891. The minimum Gasteiger partial charge on any atom is -0.481 e. The maximum Gasteiger partial charge on any atom is 0.303 e. The normalized spacial score (nSPS) is 14.7. The fraction of sp³-hybridized carbons (Fsp3) is 0.316. The summed E-state index contributed by atoms with van der Waals surface area (Å²) in [6.45, 7) is 2.63. The highest BCUT2D eigenvalue weighted by molar-refractivity contribution is 7.92. The van der Waals surface area contributed by atoms with Crippen molar-refractivity contribution in [2.75, 3.05) is 35.9 Å². The highest BCUT2D eigenvalue weighted by Gasteiger charge is 2.19. The molecule has 0 amide bonds. The summed E-state index contributed by atoms with van der Waals surface area (Å²) in [6.07, 6.45) is 0.375. The van der Waals surface area contributed by atoms with Gasteiger partial charge in [-0.2, -0.15) is 0 Å². The van der Waals surface area contributed by atoms with Crippen LogP contribution in [0.5, 0.6) is 0 Å². The van der Waals surface area contributed by atoms with E-state index in [1.807, 2.05) is 12.1 Å². The van der Waals surface area contributed by atoms with Gasteiger partial charge in [0.1, 0.15) is 0 Å². The summed E-state index contributed by atoms with van der Waals surface area (Å²) >= 11 is 0. The minimum atomic E-state index is -3.75. The van der Waals surface area contributed by atoms with E-state index in [-0.39, 0.29) is 11.3 Å². The zero-order chi connectivity index (χ0) is 19.3. The third-order valence-electron chi connectivity index (χ3n) is 4.36. The van der Waals surface area contributed by atoms with Crippen molar-refractivity contribution in [2.45, 2.75) is 17.7 Å². The maximum atomic E-state index is 12.8. The first-order valence-electron chi connectivity index (χ1n) is 8.71. The number of anilines is 2. The molecular weight excluding hydrogens is 368 g/mol. The van der Waals surface area contributed by atoms with E-state index in [0.29, 0.717) is 38.4 Å². The highest BCUT2D eigenvalue weighted by atomic mass is 32.2. The minimum absolute atomic E-state index is 0.0112. The van der Waals surface area contributed by atoms with Gasteiger partial charge in [-0.1, -0.05) is 24.3 Å². The summed E-state index contributed by atoms with van der Waals surface area (Å²) in [5.74, 6) is -0.881. The first-order valence-corrected chi connectivity index (χ1v) is 10.2. The predicted octanol–water partition coefficient (Wildman–Crippen LogP) is 2.34. The molecule has 7 nitrogen and oxygen atoms in total. The molecule has 0 saturated carbocycles. The van der Waals surface area contributed by atoms with Crippen LogP contribution >= 0.6 is 0 Å². The van der Waals surface area contributed by atoms with E-state index in [4.69, 9.17) is 9.84 Å². The van der Waals surface area contributed by atoms with Crippen molar-refractivity contribution >= 4 is 27.4 Å². The van der Waals surface area contributed by atoms with E-state index in [0.717, 1.165) is 11.3 Å². The van der Waals surface area contributed by atoms with Crippen molar-refractivity contribution in [1.29, 1.82) is 0 Å². The monoisotopic (exact) mass is 390 g/mol. The topological polar surface area (TPSA) is 95.9 Å². The van der Waals surface area contributed by atoms with Gasteiger partial charge >= 0.3 is 5.97 Å². The molecule has 3 rings (SSSR count). The van der Waals surface area contributed by atoms with Crippen LogP contribution in [0.3, 0.4) is 0 Å². The first kappa shape index (κ1) is 19.2. The molecule has 0 aromatic heterocycles. The Hall–Kier alpha value is -2.58. The van der Waals surface area contributed by atoms with Crippen molar-refractivity contribution < 1.29 is 23.1 Å². The Morgan fingerprint density at radius 1 is 1.07 bits per heavy atom. The fourth-order valence-corrected chi connectivity index (χ4v) is 4.00. The largest absolute Gasteiger partial charge is 0.481 e. The van der Waals surface area contributed by atoms with Crippen molar-refractivity contribution in [3.05, 3.63) is 54.1 Å². The summed E-state index contributed by atoms with van der Waals surface area (Å²) in [7, 11) is -3.75. The molecule has 144 valence electrons. The molecule has 1 fully saturated rings. The molecular formula is C19H22N2O5S. The van der Waals surface area contributed by atoms with Crippen LogP contribution < -0.4 is 9.62 Å². The van der Waals surface area contributed by atoms with Crippen LogP contribution in [0.4, 0.5) is 11.4 Å². The number of para-hydroxylation sites is 2. The average Bonchev–Trinajstić information content (AvgIpc) is 2.67. The lowest BCUT2D eigenvalue weighted by molar-refractivity contribution is -0.136. The quantitative estimate of drug-likeness (QED) is 0.753. The van der Waals surface area contributed by atoms with Crippen LogP contribution in [0.25, 0.3) is 0 Å². The molecule has 27 heavy (non-hydrogen) atoms. The first-order chi connectivity index (χ1) is 13.0. The second-order valence-corrected chi connectivity index (χ2v) is 7.94. The van der Waals surface area contributed by atoms with Crippen LogP contribution in [-0.4, -0.2) is 45.8 Å². The van der Waals surface area contributed by atoms with Crippen molar-refractivity contribution in [3.63, 3.8) is 0 Å². The van der Waals surface area contributed by atoms with Crippen molar-refractivity contribution in [3.8, 4) is 0 Å². The van der Waals surface area contributed by atoms with Crippen LogP contribution in [0.2, 0.25) is 0 Å². The van der Waals surface area contributed by atoms with Gasteiger partial charge in [0.25, 0.3) is 10.0 Å². The van der Waals surface area contributed by atoms with Crippen molar-refractivity contribution in [1.82, 2.24) is 0 Å². The van der Waals surface area contributed by atoms with Gasteiger partial charge in [0.05, 0.1) is 29.5 Å². The number of hydrogen-bond donors (Lipinski definition) is 2. The van der Waals surface area contributed by atoms with Gasteiger partial charge in [-0.15, -0.1) is 0 Å². The van der Waals surface area contributed by atoms with Gasteiger partial charge in [0.15, 0.2) is 0 Å². The van der Waals surface area contributed by atoms with E-state index in [1.54, 1.807) is 24.3 Å². The summed E-state index contributed by atoms with van der Waals surface area (Å²) < 4.78 is 33.6. The fourth-order valence-electron chi connectivity index (χ4n) is 2.93. The number of hydrogen-bond acceptors (Lipinski definition) is 5. The molecule has 2 aromatic carbocycles. The number of sulfonamides is 1. The van der Waals surface area contributed by atoms with E-state index < -0.39 is 16.0 Å². The second kappa shape index (κ2) is 8.41.